The highest BCUT2D eigenvalue weighted by molar-refractivity contribution is 7.07. The van der Waals surface area contributed by atoms with Crippen LogP contribution in [0.4, 0.5) is 0 Å². The maximum absolute atomic E-state index is 4.32. The average Bonchev–Trinajstić information content (AvgIpc) is 2.78. The monoisotopic (exact) mass is 253 g/mol. The number of likely N-dealkylation sites (tertiary alicyclic amines) is 1. The summed E-state index contributed by atoms with van der Waals surface area (Å²) < 4.78 is 0. The summed E-state index contributed by atoms with van der Waals surface area (Å²) >= 11 is 1.68. The molecule has 0 aromatic carbocycles. The van der Waals surface area contributed by atoms with Gasteiger partial charge in [-0.1, -0.05) is 6.92 Å². The van der Waals surface area contributed by atoms with E-state index in [1.807, 2.05) is 5.51 Å². The second-order valence-electron chi connectivity index (χ2n) is 5.29. The van der Waals surface area contributed by atoms with Crippen LogP contribution in [-0.4, -0.2) is 42.1 Å². The van der Waals surface area contributed by atoms with Crippen molar-refractivity contribution in [2.45, 2.75) is 38.8 Å². The van der Waals surface area contributed by atoms with E-state index in [1.54, 1.807) is 11.3 Å². The maximum Gasteiger partial charge on any atom is 0.0794 e. The second-order valence-corrected chi connectivity index (χ2v) is 6.01. The minimum atomic E-state index is 0.667. The van der Waals surface area contributed by atoms with Crippen LogP contribution in [0.2, 0.25) is 0 Å². The molecule has 0 amide bonds. The Balaban J connectivity index is 1.75. The van der Waals surface area contributed by atoms with Gasteiger partial charge < -0.3 is 10.2 Å². The molecule has 4 heteroatoms. The Kier molecular flexibility index (Phi) is 4.54. The lowest BCUT2D eigenvalue weighted by molar-refractivity contribution is 0.122. The Bertz CT molecular complexity index is 325. The van der Waals surface area contributed by atoms with Crippen LogP contribution in [-0.2, 0) is 6.42 Å². The molecule has 1 aliphatic heterocycles. The molecule has 1 aliphatic rings. The van der Waals surface area contributed by atoms with Gasteiger partial charge in [-0.3, -0.25) is 0 Å². The second kappa shape index (κ2) is 5.94. The van der Waals surface area contributed by atoms with E-state index in [9.17, 15) is 0 Å². The smallest absolute Gasteiger partial charge is 0.0794 e. The number of nitrogens with one attached hydrogen (secondary N) is 1. The first kappa shape index (κ1) is 13.0. The van der Waals surface area contributed by atoms with Gasteiger partial charge in [0.25, 0.3) is 0 Å². The summed E-state index contributed by atoms with van der Waals surface area (Å²) in [5, 5.41) is 5.84. The van der Waals surface area contributed by atoms with Gasteiger partial charge in [0, 0.05) is 37.0 Å². The summed E-state index contributed by atoms with van der Waals surface area (Å²) in [7, 11) is 2.23. The van der Waals surface area contributed by atoms with Crippen LogP contribution in [0.3, 0.4) is 0 Å². The zero-order chi connectivity index (χ0) is 12.3. The van der Waals surface area contributed by atoms with Crippen molar-refractivity contribution < 1.29 is 0 Å². The van der Waals surface area contributed by atoms with Crippen molar-refractivity contribution in [1.29, 1.82) is 0 Å². The van der Waals surface area contributed by atoms with Gasteiger partial charge in [0.15, 0.2) is 0 Å². The Morgan fingerprint density at radius 3 is 3.06 bits per heavy atom. The van der Waals surface area contributed by atoms with E-state index in [2.05, 4.69) is 41.5 Å². The van der Waals surface area contributed by atoms with Crippen LogP contribution in [0.15, 0.2) is 10.9 Å². The van der Waals surface area contributed by atoms with Gasteiger partial charge in [0.05, 0.1) is 11.2 Å². The third-order valence-electron chi connectivity index (χ3n) is 3.88. The van der Waals surface area contributed by atoms with E-state index in [0.717, 1.165) is 18.9 Å². The van der Waals surface area contributed by atoms with Crippen molar-refractivity contribution in [2.75, 3.05) is 20.1 Å². The highest BCUT2D eigenvalue weighted by Crippen LogP contribution is 2.20. The molecule has 0 aliphatic carbocycles. The largest absolute Gasteiger partial charge is 0.313 e. The highest BCUT2D eigenvalue weighted by Gasteiger charge is 2.28. The van der Waals surface area contributed by atoms with Gasteiger partial charge in [-0.25, -0.2) is 4.98 Å². The number of piperidine rings is 1. The van der Waals surface area contributed by atoms with E-state index in [4.69, 9.17) is 0 Å². The Labute approximate surface area is 108 Å². The van der Waals surface area contributed by atoms with Gasteiger partial charge in [0.1, 0.15) is 0 Å². The molecule has 1 fully saturated rings. The molecule has 1 aromatic rings. The number of hydrogen-bond acceptors (Lipinski definition) is 4. The fourth-order valence-corrected chi connectivity index (χ4v) is 3.17. The molecular formula is C13H23N3S. The zero-order valence-electron chi connectivity index (χ0n) is 11.0. The molecule has 17 heavy (non-hydrogen) atoms. The topological polar surface area (TPSA) is 28.2 Å². The average molecular weight is 253 g/mol. The number of thiazole rings is 1. The lowest BCUT2D eigenvalue weighted by atomic mass is 9.90. The minimum absolute atomic E-state index is 0.667. The maximum atomic E-state index is 4.32. The van der Waals surface area contributed by atoms with E-state index in [1.165, 1.54) is 18.7 Å². The summed E-state index contributed by atoms with van der Waals surface area (Å²) in [4.78, 5) is 6.78. The SMILES string of the molecule is CC1CN(C)C(C)CC1NCCc1cscn1. The third-order valence-corrected chi connectivity index (χ3v) is 4.52. The first-order valence-corrected chi connectivity index (χ1v) is 7.41. The van der Waals surface area contributed by atoms with Crippen molar-refractivity contribution in [2.24, 2.45) is 5.92 Å². The predicted octanol–water partition coefficient (Wildman–Crippen LogP) is 2.00. The number of nitrogens with zero attached hydrogens (tertiary/aromatic N) is 2. The van der Waals surface area contributed by atoms with Crippen LogP contribution in [0.1, 0.15) is 26.0 Å². The molecule has 3 unspecified atom stereocenters. The predicted molar refractivity (Wildman–Crippen MR) is 73.5 cm³/mol. The van der Waals surface area contributed by atoms with Crippen LogP contribution in [0, 0.1) is 5.92 Å². The molecule has 0 spiro atoms. The van der Waals surface area contributed by atoms with Gasteiger partial charge in [-0.2, -0.15) is 0 Å². The fraction of sp³-hybridized carbons (Fsp3) is 0.769. The molecule has 2 heterocycles. The Morgan fingerprint density at radius 2 is 2.35 bits per heavy atom. The molecule has 1 aromatic heterocycles. The molecule has 1 N–H and O–H groups in total. The summed E-state index contributed by atoms with van der Waals surface area (Å²) in [5.41, 5.74) is 3.13. The normalized spacial score (nSPS) is 30.6. The summed E-state index contributed by atoms with van der Waals surface area (Å²) in [6.45, 7) is 6.93. The van der Waals surface area contributed by atoms with Crippen molar-refractivity contribution >= 4 is 11.3 Å². The third kappa shape index (κ3) is 3.50. The highest BCUT2D eigenvalue weighted by atomic mass is 32.1. The molecule has 0 bridgehead atoms. The number of rotatable bonds is 4. The first-order chi connectivity index (χ1) is 8.16. The van der Waals surface area contributed by atoms with Crippen molar-refractivity contribution in [3.63, 3.8) is 0 Å². The molecular weight excluding hydrogens is 230 g/mol. The van der Waals surface area contributed by atoms with E-state index in [-0.39, 0.29) is 0 Å². The molecule has 0 saturated carbocycles. The van der Waals surface area contributed by atoms with Gasteiger partial charge in [-0.15, -0.1) is 11.3 Å². The van der Waals surface area contributed by atoms with Gasteiger partial charge >= 0.3 is 0 Å². The van der Waals surface area contributed by atoms with Crippen LogP contribution < -0.4 is 5.32 Å². The molecule has 0 radical (unpaired) electrons. The van der Waals surface area contributed by atoms with Crippen molar-refractivity contribution in [3.05, 3.63) is 16.6 Å². The van der Waals surface area contributed by atoms with Gasteiger partial charge in [0.2, 0.25) is 0 Å². The summed E-state index contributed by atoms with van der Waals surface area (Å²) in [5.74, 6) is 0.742. The standard InChI is InChI=1S/C13H23N3S/c1-10-7-16(3)11(2)6-13(10)14-5-4-12-8-17-9-15-12/h8-11,13-14H,4-7H2,1-3H3. The molecule has 3 atom stereocenters. The number of aromatic nitrogens is 1. The molecule has 96 valence electrons. The fourth-order valence-electron chi connectivity index (χ4n) is 2.57. The van der Waals surface area contributed by atoms with Gasteiger partial charge in [-0.05, 0) is 26.3 Å². The van der Waals surface area contributed by atoms with E-state index < -0.39 is 0 Å². The van der Waals surface area contributed by atoms with Crippen molar-refractivity contribution in [3.8, 4) is 0 Å². The quantitative estimate of drug-likeness (QED) is 0.889. The van der Waals surface area contributed by atoms with Crippen LogP contribution in [0.25, 0.3) is 0 Å². The van der Waals surface area contributed by atoms with E-state index in [0.29, 0.717) is 12.1 Å². The van der Waals surface area contributed by atoms with Crippen LogP contribution >= 0.6 is 11.3 Å². The first-order valence-electron chi connectivity index (χ1n) is 6.47. The minimum Gasteiger partial charge on any atom is -0.313 e. The van der Waals surface area contributed by atoms with Crippen LogP contribution in [0.5, 0.6) is 0 Å². The molecule has 3 nitrogen and oxygen atoms in total. The number of hydrogen-bond donors (Lipinski definition) is 1. The Morgan fingerprint density at radius 1 is 1.53 bits per heavy atom. The summed E-state index contributed by atoms with van der Waals surface area (Å²) in [6.07, 6.45) is 2.31. The molecule has 1 saturated heterocycles. The zero-order valence-corrected chi connectivity index (χ0v) is 11.8. The van der Waals surface area contributed by atoms with E-state index >= 15 is 0 Å². The Hall–Kier alpha value is -0.450. The summed E-state index contributed by atoms with van der Waals surface area (Å²) in [6, 6.07) is 1.36. The lowest BCUT2D eigenvalue weighted by Crippen LogP contribution is -2.51. The molecule has 2 rings (SSSR count). The van der Waals surface area contributed by atoms with Crippen molar-refractivity contribution in [1.82, 2.24) is 15.2 Å². The lowest BCUT2D eigenvalue weighted by Gasteiger charge is -2.40.